The van der Waals surface area contributed by atoms with Crippen molar-refractivity contribution in [3.8, 4) is 0 Å². The SMILES string of the molecule is CNC(CC1=CCCCC1)C1CCc2cccnc21. The number of nitrogens with zero attached hydrogens (tertiary/aromatic N) is 1. The third-order valence-electron chi connectivity index (χ3n) is 4.73. The Kier molecular flexibility index (Phi) is 3.97. The highest BCUT2D eigenvalue weighted by Gasteiger charge is 2.30. The Morgan fingerprint density at radius 1 is 1.37 bits per heavy atom. The topological polar surface area (TPSA) is 24.9 Å². The largest absolute Gasteiger partial charge is 0.316 e. The second-order valence-corrected chi connectivity index (χ2v) is 5.90. The average molecular weight is 256 g/mol. The summed E-state index contributed by atoms with van der Waals surface area (Å²) in [5.41, 5.74) is 4.47. The summed E-state index contributed by atoms with van der Waals surface area (Å²) in [6.07, 6.45) is 13.4. The van der Waals surface area contributed by atoms with Gasteiger partial charge < -0.3 is 5.32 Å². The summed E-state index contributed by atoms with van der Waals surface area (Å²) in [6, 6.07) is 4.87. The summed E-state index contributed by atoms with van der Waals surface area (Å²) in [5.74, 6) is 0.601. The van der Waals surface area contributed by atoms with Crippen LogP contribution < -0.4 is 5.32 Å². The van der Waals surface area contributed by atoms with Crippen molar-refractivity contribution < 1.29 is 0 Å². The lowest BCUT2D eigenvalue weighted by atomic mass is 9.87. The second kappa shape index (κ2) is 5.87. The molecule has 0 saturated carbocycles. The van der Waals surface area contributed by atoms with E-state index in [1.807, 2.05) is 6.20 Å². The highest BCUT2D eigenvalue weighted by molar-refractivity contribution is 5.30. The van der Waals surface area contributed by atoms with Crippen LogP contribution in [-0.2, 0) is 6.42 Å². The molecule has 1 aromatic heterocycles. The number of pyridine rings is 1. The van der Waals surface area contributed by atoms with Crippen LogP contribution in [0.5, 0.6) is 0 Å². The molecule has 0 aromatic carbocycles. The molecule has 0 radical (unpaired) electrons. The molecule has 1 heterocycles. The van der Waals surface area contributed by atoms with Gasteiger partial charge in [0.1, 0.15) is 0 Å². The number of allylic oxidation sites excluding steroid dienone is 1. The van der Waals surface area contributed by atoms with Crippen LogP contribution >= 0.6 is 0 Å². The third-order valence-corrected chi connectivity index (χ3v) is 4.73. The van der Waals surface area contributed by atoms with Crippen molar-refractivity contribution in [1.29, 1.82) is 0 Å². The first-order chi connectivity index (χ1) is 9.38. The molecule has 0 aliphatic heterocycles. The average Bonchev–Trinajstić information content (AvgIpc) is 2.90. The van der Waals surface area contributed by atoms with Gasteiger partial charge in [-0.05, 0) is 63.6 Å². The molecule has 2 unspecified atom stereocenters. The van der Waals surface area contributed by atoms with Crippen molar-refractivity contribution in [2.45, 2.75) is 56.9 Å². The molecule has 3 rings (SSSR count). The summed E-state index contributed by atoms with van der Waals surface area (Å²) >= 11 is 0. The standard InChI is InChI=1S/C17H24N2/c1-18-16(12-13-6-3-2-4-7-13)15-10-9-14-8-5-11-19-17(14)15/h5-6,8,11,15-16,18H,2-4,7,9-10,12H2,1H3. The van der Waals surface area contributed by atoms with Crippen LogP contribution in [0.25, 0.3) is 0 Å². The third kappa shape index (κ3) is 2.74. The molecule has 0 spiro atoms. The molecular weight excluding hydrogens is 232 g/mol. The molecule has 0 saturated heterocycles. The summed E-state index contributed by atoms with van der Waals surface area (Å²) < 4.78 is 0. The van der Waals surface area contributed by atoms with E-state index in [4.69, 9.17) is 0 Å². The molecule has 2 nitrogen and oxygen atoms in total. The zero-order valence-corrected chi connectivity index (χ0v) is 11.9. The molecule has 1 aromatic rings. The fraction of sp³-hybridized carbons (Fsp3) is 0.588. The molecule has 0 amide bonds. The second-order valence-electron chi connectivity index (χ2n) is 5.90. The van der Waals surface area contributed by atoms with Crippen LogP contribution in [0.1, 0.15) is 55.7 Å². The van der Waals surface area contributed by atoms with E-state index in [0.29, 0.717) is 12.0 Å². The van der Waals surface area contributed by atoms with Gasteiger partial charge in [0.2, 0.25) is 0 Å². The van der Waals surface area contributed by atoms with Crippen LogP contribution in [0.2, 0.25) is 0 Å². The van der Waals surface area contributed by atoms with Gasteiger partial charge in [-0.2, -0.15) is 0 Å². The Balaban J connectivity index is 1.74. The summed E-state index contributed by atoms with van der Waals surface area (Å²) in [6.45, 7) is 0. The number of likely N-dealkylation sites (N-methyl/N-ethyl adjacent to an activating group) is 1. The van der Waals surface area contributed by atoms with Crippen molar-refractivity contribution in [1.82, 2.24) is 10.3 Å². The molecule has 1 N–H and O–H groups in total. The highest BCUT2D eigenvalue weighted by atomic mass is 14.9. The van der Waals surface area contributed by atoms with E-state index in [1.54, 1.807) is 5.57 Å². The van der Waals surface area contributed by atoms with Crippen LogP contribution in [0, 0.1) is 0 Å². The predicted molar refractivity (Wildman–Crippen MR) is 79.3 cm³/mol. The van der Waals surface area contributed by atoms with E-state index >= 15 is 0 Å². The van der Waals surface area contributed by atoms with E-state index in [0.717, 1.165) is 0 Å². The number of aryl methyl sites for hydroxylation is 1. The lowest BCUT2D eigenvalue weighted by Gasteiger charge is -2.25. The predicted octanol–water partition coefficient (Wildman–Crippen LogP) is 3.59. The van der Waals surface area contributed by atoms with Gasteiger partial charge >= 0.3 is 0 Å². The van der Waals surface area contributed by atoms with Gasteiger partial charge in [0.15, 0.2) is 0 Å². The Labute approximate surface area is 116 Å². The van der Waals surface area contributed by atoms with E-state index in [-0.39, 0.29) is 0 Å². The smallest absolute Gasteiger partial charge is 0.0482 e. The van der Waals surface area contributed by atoms with E-state index < -0.39 is 0 Å². The molecule has 102 valence electrons. The Morgan fingerprint density at radius 2 is 2.32 bits per heavy atom. The minimum Gasteiger partial charge on any atom is -0.316 e. The van der Waals surface area contributed by atoms with Gasteiger partial charge in [0.25, 0.3) is 0 Å². The van der Waals surface area contributed by atoms with Crippen molar-refractivity contribution in [3.05, 3.63) is 41.2 Å². The molecule has 0 fully saturated rings. The van der Waals surface area contributed by atoms with E-state index in [2.05, 4.69) is 35.6 Å². The zero-order valence-electron chi connectivity index (χ0n) is 11.9. The fourth-order valence-electron chi connectivity index (χ4n) is 3.65. The quantitative estimate of drug-likeness (QED) is 0.833. The van der Waals surface area contributed by atoms with Gasteiger partial charge in [-0.1, -0.05) is 17.7 Å². The molecule has 0 bridgehead atoms. The maximum absolute atomic E-state index is 4.64. The number of nitrogens with one attached hydrogen (secondary N) is 1. The monoisotopic (exact) mass is 256 g/mol. The summed E-state index contributed by atoms with van der Waals surface area (Å²) in [5, 5.41) is 3.55. The first-order valence-electron chi connectivity index (χ1n) is 7.67. The van der Waals surface area contributed by atoms with Gasteiger partial charge in [0, 0.05) is 23.9 Å². The molecule has 2 aliphatic carbocycles. The van der Waals surface area contributed by atoms with Crippen LogP contribution in [0.4, 0.5) is 0 Å². The minimum absolute atomic E-state index is 0.556. The Bertz CT molecular complexity index is 464. The number of hydrogen-bond acceptors (Lipinski definition) is 2. The summed E-state index contributed by atoms with van der Waals surface area (Å²) in [7, 11) is 2.11. The maximum atomic E-state index is 4.64. The summed E-state index contributed by atoms with van der Waals surface area (Å²) in [4.78, 5) is 4.64. The lowest BCUT2D eigenvalue weighted by Crippen LogP contribution is -2.32. The molecule has 2 aliphatic rings. The van der Waals surface area contributed by atoms with Crippen molar-refractivity contribution >= 4 is 0 Å². The minimum atomic E-state index is 0.556. The van der Waals surface area contributed by atoms with Crippen molar-refractivity contribution in [2.75, 3.05) is 7.05 Å². The first kappa shape index (κ1) is 12.9. The van der Waals surface area contributed by atoms with Crippen LogP contribution in [0.15, 0.2) is 30.0 Å². The maximum Gasteiger partial charge on any atom is 0.0482 e. The van der Waals surface area contributed by atoms with E-state index in [1.165, 1.54) is 56.2 Å². The highest BCUT2D eigenvalue weighted by Crippen LogP contribution is 2.36. The van der Waals surface area contributed by atoms with Crippen molar-refractivity contribution in [2.24, 2.45) is 0 Å². The first-order valence-corrected chi connectivity index (χ1v) is 7.67. The van der Waals surface area contributed by atoms with Gasteiger partial charge in [-0.15, -0.1) is 0 Å². The Hall–Kier alpha value is -1.15. The number of rotatable bonds is 4. The normalized spacial score (nSPS) is 23.8. The van der Waals surface area contributed by atoms with Crippen molar-refractivity contribution in [3.63, 3.8) is 0 Å². The fourth-order valence-corrected chi connectivity index (χ4v) is 3.65. The Morgan fingerprint density at radius 3 is 3.11 bits per heavy atom. The molecule has 2 heteroatoms. The van der Waals surface area contributed by atoms with Gasteiger partial charge in [-0.3, -0.25) is 4.98 Å². The molecule has 2 atom stereocenters. The molecule has 19 heavy (non-hydrogen) atoms. The molecular formula is C17H24N2. The van der Waals surface area contributed by atoms with Gasteiger partial charge in [-0.25, -0.2) is 0 Å². The van der Waals surface area contributed by atoms with E-state index in [9.17, 15) is 0 Å². The number of aromatic nitrogens is 1. The zero-order chi connectivity index (χ0) is 13.1. The van der Waals surface area contributed by atoms with Crippen LogP contribution in [0.3, 0.4) is 0 Å². The lowest BCUT2D eigenvalue weighted by molar-refractivity contribution is 0.440. The van der Waals surface area contributed by atoms with Gasteiger partial charge in [0.05, 0.1) is 0 Å². The van der Waals surface area contributed by atoms with Crippen LogP contribution in [-0.4, -0.2) is 18.1 Å². The number of hydrogen-bond donors (Lipinski definition) is 1. The number of fused-ring (bicyclic) bond motifs is 1.